The van der Waals surface area contributed by atoms with Gasteiger partial charge in [0, 0.05) is 30.6 Å². The predicted molar refractivity (Wildman–Crippen MR) is 104 cm³/mol. The summed E-state index contributed by atoms with van der Waals surface area (Å²) in [6.45, 7) is 7.75. The lowest BCUT2D eigenvalue weighted by atomic mass is 9.82. The Hall–Kier alpha value is -1.95. The fraction of sp³-hybridized carbons (Fsp3) is 0.667. The fourth-order valence-corrected chi connectivity index (χ4v) is 5.31. The van der Waals surface area contributed by atoms with Gasteiger partial charge in [0.1, 0.15) is 18.1 Å². The van der Waals surface area contributed by atoms with E-state index in [0.29, 0.717) is 29.6 Å². The van der Waals surface area contributed by atoms with Gasteiger partial charge in [0.25, 0.3) is 5.91 Å². The summed E-state index contributed by atoms with van der Waals surface area (Å²) in [7, 11) is 0. The number of aliphatic hydroxyl groups is 1. The lowest BCUT2D eigenvalue weighted by Crippen LogP contribution is -2.36. The molecule has 0 aromatic carbocycles. The maximum absolute atomic E-state index is 12.1. The molecule has 4 atom stereocenters. The van der Waals surface area contributed by atoms with Crippen LogP contribution in [0.2, 0.25) is 0 Å². The van der Waals surface area contributed by atoms with Crippen LogP contribution in [-0.2, 0) is 4.79 Å². The summed E-state index contributed by atoms with van der Waals surface area (Å²) in [6.07, 6.45) is 6.23. The number of hydrogen-bond donors (Lipinski definition) is 2. The third-order valence-corrected chi connectivity index (χ3v) is 6.65. The number of aliphatic hydroxyl groups excluding tert-OH is 1. The van der Waals surface area contributed by atoms with Crippen LogP contribution in [0.3, 0.4) is 0 Å². The molecule has 1 aliphatic heterocycles. The number of nitrogens with zero attached hydrogens (tertiary/aromatic N) is 3. The minimum atomic E-state index is -0.883. The van der Waals surface area contributed by atoms with Gasteiger partial charge in [-0.1, -0.05) is 13.8 Å². The molecule has 6 nitrogen and oxygen atoms in total. The number of carbonyl (C=O) groups is 1. The number of H-pyrrole nitrogens is 1. The first kappa shape index (κ1) is 18.4. The van der Waals surface area contributed by atoms with E-state index in [1.54, 1.807) is 13.3 Å². The minimum absolute atomic E-state index is 0.114. The minimum Gasteiger partial charge on any atom is -0.384 e. The summed E-state index contributed by atoms with van der Waals surface area (Å²) < 4.78 is 0. The van der Waals surface area contributed by atoms with Gasteiger partial charge in [0.2, 0.25) is 0 Å². The van der Waals surface area contributed by atoms with Gasteiger partial charge in [-0.05, 0) is 55.9 Å². The normalized spacial score (nSPS) is 27.3. The molecule has 1 saturated heterocycles. The van der Waals surface area contributed by atoms with Crippen LogP contribution >= 0.6 is 0 Å². The van der Waals surface area contributed by atoms with Gasteiger partial charge in [-0.3, -0.25) is 4.79 Å². The van der Waals surface area contributed by atoms with Crippen molar-refractivity contribution in [3.8, 4) is 0 Å². The highest BCUT2D eigenvalue weighted by atomic mass is 16.3. The molecule has 0 bridgehead atoms. The summed E-state index contributed by atoms with van der Waals surface area (Å²) in [5.41, 5.74) is 2.08. The van der Waals surface area contributed by atoms with Crippen molar-refractivity contribution >= 4 is 16.9 Å². The molecule has 3 heterocycles. The van der Waals surface area contributed by atoms with E-state index in [1.165, 1.54) is 18.5 Å². The lowest BCUT2D eigenvalue weighted by molar-refractivity contribution is -0.138. The number of aromatic amines is 1. The molecule has 1 saturated carbocycles. The zero-order valence-corrected chi connectivity index (χ0v) is 16.4. The van der Waals surface area contributed by atoms with Crippen LogP contribution in [0.5, 0.6) is 0 Å². The highest BCUT2D eigenvalue weighted by Gasteiger charge is 2.43. The van der Waals surface area contributed by atoms with Gasteiger partial charge in [-0.25, -0.2) is 9.97 Å². The highest BCUT2D eigenvalue weighted by Crippen LogP contribution is 2.46. The monoisotopic (exact) mass is 370 g/mol. The lowest BCUT2D eigenvalue weighted by Gasteiger charge is -2.26. The van der Waals surface area contributed by atoms with Crippen molar-refractivity contribution in [2.75, 3.05) is 13.1 Å². The van der Waals surface area contributed by atoms with E-state index in [9.17, 15) is 9.90 Å². The molecule has 27 heavy (non-hydrogen) atoms. The molecule has 0 radical (unpaired) electrons. The summed E-state index contributed by atoms with van der Waals surface area (Å²) in [6, 6.07) is 2.09. The maximum Gasteiger partial charge on any atom is 0.251 e. The van der Waals surface area contributed by atoms with E-state index in [2.05, 4.69) is 34.9 Å². The van der Waals surface area contributed by atoms with Gasteiger partial charge in [-0.2, -0.15) is 0 Å². The number of fused-ring (bicyclic) bond motifs is 2. The molecule has 4 unspecified atom stereocenters. The van der Waals surface area contributed by atoms with Crippen molar-refractivity contribution in [3.05, 3.63) is 24.3 Å². The second kappa shape index (κ2) is 7.23. The number of rotatable bonds is 5. The molecule has 1 amide bonds. The zero-order chi connectivity index (χ0) is 19.1. The number of amides is 1. The van der Waals surface area contributed by atoms with Crippen LogP contribution < -0.4 is 0 Å². The molecule has 2 fully saturated rings. The van der Waals surface area contributed by atoms with Gasteiger partial charge < -0.3 is 15.0 Å². The SMILES string of the molecule is CC(O)C(=O)N1CC2CC(CC(c3ncnc4[nH]ccc34)C(C)C)CC2C1. The van der Waals surface area contributed by atoms with Crippen LogP contribution in [0.1, 0.15) is 51.6 Å². The van der Waals surface area contributed by atoms with Crippen molar-refractivity contribution in [2.45, 2.75) is 52.1 Å². The molecule has 2 aliphatic rings. The Balaban J connectivity index is 1.45. The Kier molecular flexibility index (Phi) is 4.93. The molecule has 6 heteroatoms. The molecule has 4 rings (SSSR count). The van der Waals surface area contributed by atoms with Gasteiger partial charge >= 0.3 is 0 Å². The van der Waals surface area contributed by atoms with Crippen LogP contribution in [-0.4, -0.2) is 50.1 Å². The first-order chi connectivity index (χ1) is 12.9. The molecule has 2 aromatic heterocycles. The Morgan fingerprint density at radius 3 is 2.59 bits per heavy atom. The molecule has 0 spiro atoms. The second-order valence-corrected chi connectivity index (χ2v) is 8.86. The number of nitrogens with one attached hydrogen (secondary N) is 1. The van der Waals surface area contributed by atoms with E-state index in [1.807, 2.05) is 11.1 Å². The van der Waals surface area contributed by atoms with Crippen molar-refractivity contribution in [1.29, 1.82) is 0 Å². The summed E-state index contributed by atoms with van der Waals surface area (Å²) >= 11 is 0. The number of likely N-dealkylation sites (tertiary alicyclic amines) is 1. The second-order valence-electron chi connectivity index (χ2n) is 8.86. The van der Waals surface area contributed by atoms with Crippen LogP contribution in [0.25, 0.3) is 11.0 Å². The highest BCUT2D eigenvalue weighted by molar-refractivity contribution is 5.80. The molecule has 2 aromatic rings. The average molecular weight is 370 g/mol. The first-order valence-corrected chi connectivity index (χ1v) is 10.2. The van der Waals surface area contributed by atoms with Crippen molar-refractivity contribution in [2.24, 2.45) is 23.7 Å². The molecule has 1 aliphatic carbocycles. The first-order valence-electron chi connectivity index (χ1n) is 10.2. The number of aromatic nitrogens is 3. The van der Waals surface area contributed by atoms with E-state index in [4.69, 9.17) is 0 Å². The number of carbonyl (C=O) groups excluding carboxylic acids is 1. The Morgan fingerprint density at radius 2 is 1.96 bits per heavy atom. The third-order valence-electron chi connectivity index (χ3n) is 6.65. The van der Waals surface area contributed by atoms with Gasteiger partial charge in [0.05, 0.1) is 5.69 Å². The Labute approximate surface area is 160 Å². The number of hydrogen-bond acceptors (Lipinski definition) is 4. The molecule has 2 N–H and O–H groups in total. The predicted octanol–water partition coefficient (Wildman–Crippen LogP) is 2.95. The van der Waals surface area contributed by atoms with E-state index in [-0.39, 0.29) is 5.91 Å². The molecule has 146 valence electrons. The quantitative estimate of drug-likeness (QED) is 0.848. The fourth-order valence-electron chi connectivity index (χ4n) is 5.31. The molecular weight excluding hydrogens is 340 g/mol. The standard InChI is InChI=1S/C21H30N4O2/c1-12(2)18(19-17-4-5-22-20(17)24-11-23-19)8-14-6-15-9-25(10-16(15)7-14)21(27)13(3)26/h4-5,11-16,18,26H,6-10H2,1-3H3,(H,22,23,24). The topological polar surface area (TPSA) is 82.1 Å². The van der Waals surface area contributed by atoms with E-state index in [0.717, 1.165) is 30.5 Å². The maximum atomic E-state index is 12.1. The van der Waals surface area contributed by atoms with Gasteiger partial charge in [0.15, 0.2) is 0 Å². The smallest absolute Gasteiger partial charge is 0.251 e. The summed E-state index contributed by atoms with van der Waals surface area (Å²) in [4.78, 5) is 26.1. The Bertz CT molecular complexity index is 801. The van der Waals surface area contributed by atoms with Crippen LogP contribution in [0.4, 0.5) is 0 Å². The van der Waals surface area contributed by atoms with Crippen molar-refractivity contribution < 1.29 is 9.90 Å². The van der Waals surface area contributed by atoms with E-state index < -0.39 is 6.10 Å². The molecular formula is C21H30N4O2. The largest absolute Gasteiger partial charge is 0.384 e. The van der Waals surface area contributed by atoms with Crippen molar-refractivity contribution in [1.82, 2.24) is 19.9 Å². The third kappa shape index (κ3) is 3.47. The van der Waals surface area contributed by atoms with Crippen LogP contribution in [0.15, 0.2) is 18.6 Å². The summed E-state index contributed by atoms with van der Waals surface area (Å²) in [5, 5.41) is 10.7. The van der Waals surface area contributed by atoms with Crippen LogP contribution in [0, 0.1) is 23.7 Å². The van der Waals surface area contributed by atoms with E-state index >= 15 is 0 Å². The summed E-state index contributed by atoms with van der Waals surface area (Å²) in [5.74, 6) is 2.68. The zero-order valence-electron chi connectivity index (χ0n) is 16.4. The Morgan fingerprint density at radius 1 is 1.26 bits per heavy atom. The van der Waals surface area contributed by atoms with Gasteiger partial charge in [-0.15, -0.1) is 0 Å². The van der Waals surface area contributed by atoms with Crippen molar-refractivity contribution in [3.63, 3.8) is 0 Å². The average Bonchev–Trinajstić information content (AvgIpc) is 3.32.